The second-order valence-corrected chi connectivity index (χ2v) is 3.73. The van der Waals surface area contributed by atoms with Crippen LogP contribution in [-0.2, 0) is 7.05 Å². The molecule has 0 atom stereocenters. The van der Waals surface area contributed by atoms with E-state index in [4.69, 9.17) is 5.11 Å². The third-order valence-corrected chi connectivity index (χ3v) is 2.62. The van der Waals surface area contributed by atoms with E-state index in [2.05, 4.69) is 4.98 Å². The van der Waals surface area contributed by atoms with Gasteiger partial charge in [-0.25, -0.2) is 14.2 Å². The predicted molar refractivity (Wildman–Crippen MR) is 60.3 cm³/mol. The zero-order valence-corrected chi connectivity index (χ0v) is 9.44. The number of carboxylic acid groups (broad SMARTS) is 1. The number of halogens is 1. The Kier molecular flexibility index (Phi) is 2.67. The lowest BCUT2D eigenvalue weighted by Crippen LogP contribution is -2.01. The van der Waals surface area contributed by atoms with Crippen molar-refractivity contribution >= 4 is 5.97 Å². The molecule has 17 heavy (non-hydrogen) atoms. The molecule has 1 aromatic heterocycles. The van der Waals surface area contributed by atoms with Gasteiger partial charge >= 0.3 is 5.97 Å². The normalized spacial score (nSPS) is 10.5. The number of aryl methyl sites for hydroxylation is 1. The van der Waals surface area contributed by atoms with Gasteiger partial charge in [-0.15, -0.1) is 0 Å². The number of benzene rings is 1. The van der Waals surface area contributed by atoms with E-state index in [9.17, 15) is 9.18 Å². The van der Waals surface area contributed by atoms with Crippen LogP contribution in [0.3, 0.4) is 0 Å². The van der Waals surface area contributed by atoms with Crippen LogP contribution in [0.15, 0.2) is 24.3 Å². The Hall–Kier alpha value is -2.17. The fraction of sp³-hybridized carbons (Fsp3) is 0.167. The zero-order chi connectivity index (χ0) is 12.6. The topological polar surface area (TPSA) is 55.1 Å². The summed E-state index contributed by atoms with van der Waals surface area (Å²) in [6.07, 6.45) is 0. The van der Waals surface area contributed by atoms with Crippen LogP contribution in [0.1, 0.15) is 16.3 Å². The highest BCUT2D eigenvalue weighted by Crippen LogP contribution is 2.24. The van der Waals surface area contributed by atoms with Gasteiger partial charge in [0, 0.05) is 12.6 Å². The van der Waals surface area contributed by atoms with Crippen LogP contribution >= 0.6 is 0 Å². The van der Waals surface area contributed by atoms with E-state index in [0.717, 1.165) is 0 Å². The summed E-state index contributed by atoms with van der Waals surface area (Å²) < 4.78 is 14.8. The molecule has 0 fully saturated rings. The smallest absolute Gasteiger partial charge is 0.356 e. The molecule has 0 aliphatic rings. The first-order chi connectivity index (χ1) is 8.00. The summed E-state index contributed by atoms with van der Waals surface area (Å²) in [4.78, 5) is 15.0. The zero-order valence-electron chi connectivity index (χ0n) is 9.44. The lowest BCUT2D eigenvalue weighted by Gasteiger charge is -2.05. The molecule has 0 amide bonds. The Morgan fingerprint density at radius 1 is 1.47 bits per heavy atom. The highest BCUT2D eigenvalue weighted by atomic mass is 19.1. The predicted octanol–water partition coefficient (Wildman–Crippen LogP) is 2.23. The van der Waals surface area contributed by atoms with E-state index >= 15 is 0 Å². The third kappa shape index (κ3) is 1.91. The van der Waals surface area contributed by atoms with Crippen LogP contribution in [0, 0.1) is 12.7 Å². The molecule has 5 heteroatoms. The van der Waals surface area contributed by atoms with Crippen molar-refractivity contribution in [2.24, 2.45) is 7.05 Å². The lowest BCUT2D eigenvalue weighted by atomic mass is 10.1. The fourth-order valence-electron chi connectivity index (χ4n) is 1.73. The Bertz CT molecular complexity index is 590. The summed E-state index contributed by atoms with van der Waals surface area (Å²) in [6.45, 7) is 1.70. The highest BCUT2D eigenvalue weighted by Gasteiger charge is 2.19. The van der Waals surface area contributed by atoms with E-state index in [1.165, 1.54) is 12.1 Å². The Morgan fingerprint density at radius 2 is 2.18 bits per heavy atom. The molecule has 4 nitrogen and oxygen atoms in total. The van der Waals surface area contributed by atoms with Gasteiger partial charge in [-0.1, -0.05) is 12.1 Å². The van der Waals surface area contributed by atoms with Crippen LogP contribution in [0.25, 0.3) is 11.3 Å². The number of rotatable bonds is 2. The molecule has 0 bridgehead atoms. The van der Waals surface area contributed by atoms with Crippen molar-refractivity contribution in [3.05, 3.63) is 41.6 Å². The summed E-state index contributed by atoms with van der Waals surface area (Å²) >= 11 is 0. The van der Waals surface area contributed by atoms with E-state index < -0.39 is 11.8 Å². The molecule has 0 aliphatic carbocycles. The largest absolute Gasteiger partial charge is 0.476 e. The summed E-state index contributed by atoms with van der Waals surface area (Å²) in [5.41, 5.74) is 0.857. The van der Waals surface area contributed by atoms with Crippen LogP contribution in [0.5, 0.6) is 0 Å². The molecular weight excluding hydrogens is 223 g/mol. The number of aromatic nitrogens is 2. The molecule has 88 valence electrons. The van der Waals surface area contributed by atoms with Gasteiger partial charge in [0.1, 0.15) is 11.6 Å². The van der Waals surface area contributed by atoms with Gasteiger partial charge in [0.05, 0.1) is 5.69 Å². The maximum absolute atomic E-state index is 13.1. The molecule has 2 rings (SSSR count). The first-order valence-electron chi connectivity index (χ1n) is 5.03. The summed E-state index contributed by atoms with van der Waals surface area (Å²) in [5, 5.41) is 9.06. The summed E-state index contributed by atoms with van der Waals surface area (Å²) in [7, 11) is 1.70. The molecule has 0 aliphatic heterocycles. The Morgan fingerprint density at radius 3 is 2.76 bits per heavy atom. The van der Waals surface area contributed by atoms with E-state index in [1.807, 2.05) is 0 Å². The van der Waals surface area contributed by atoms with Crippen molar-refractivity contribution in [1.29, 1.82) is 0 Å². The van der Waals surface area contributed by atoms with Gasteiger partial charge < -0.3 is 9.67 Å². The second-order valence-electron chi connectivity index (χ2n) is 3.73. The molecule has 0 saturated heterocycles. The first-order valence-corrected chi connectivity index (χ1v) is 5.03. The van der Waals surface area contributed by atoms with Crippen LogP contribution in [0.4, 0.5) is 4.39 Å². The molecule has 1 N–H and O–H groups in total. The number of nitrogens with zero attached hydrogens (tertiary/aromatic N) is 2. The average molecular weight is 234 g/mol. The van der Waals surface area contributed by atoms with Crippen molar-refractivity contribution in [2.45, 2.75) is 6.92 Å². The number of aromatic carboxylic acids is 1. The van der Waals surface area contributed by atoms with Gasteiger partial charge in [0.25, 0.3) is 0 Å². The quantitative estimate of drug-likeness (QED) is 0.866. The van der Waals surface area contributed by atoms with Gasteiger partial charge in [-0.2, -0.15) is 0 Å². The number of imidazole rings is 1. The van der Waals surface area contributed by atoms with Crippen LogP contribution < -0.4 is 0 Å². The van der Waals surface area contributed by atoms with Crippen molar-refractivity contribution in [1.82, 2.24) is 9.55 Å². The number of hydrogen-bond donors (Lipinski definition) is 1. The van der Waals surface area contributed by atoms with Crippen LogP contribution in [-0.4, -0.2) is 20.6 Å². The molecule has 0 spiro atoms. The maximum Gasteiger partial charge on any atom is 0.356 e. The second kappa shape index (κ2) is 4.01. The molecule has 0 saturated carbocycles. The number of carboxylic acids is 1. The first kappa shape index (κ1) is 11.3. The van der Waals surface area contributed by atoms with E-state index in [-0.39, 0.29) is 5.69 Å². The minimum Gasteiger partial charge on any atom is -0.476 e. The molecule has 1 heterocycles. The standard InChI is InChI=1S/C12H11FN2O2/c1-7-14-10(12(16)17)11(15(7)2)8-4-3-5-9(13)6-8/h3-6H,1-2H3,(H,16,17). The maximum atomic E-state index is 13.1. The monoisotopic (exact) mass is 234 g/mol. The van der Waals surface area contributed by atoms with Gasteiger partial charge in [0.15, 0.2) is 5.69 Å². The molecule has 0 unspecified atom stereocenters. The Balaban J connectivity index is 2.70. The SMILES string of the molecule is Cc1nc(C(=O)O)c(-c2cccc(F)c2)n1C. The molecule has 2 aromatic rings. The lowest BCUT2D eigenvalue weighted by molar-refractivity contribution is 0.0691. The minimum absolute atomic E-state index is 0.0596. The molecular formula is C12H11FN2O2. The van der Waals surface area contributed by atoms with Gasteiger partial charge in [-0.3, -0.25) is 0 Å². The minimum atomic E-state index is -1.12. The van der Waals surface area contributed by atoms with Gasteiger partial charge in [-0.05, 0) is 19.1 Å². The van der Waals surface area contributed by atoms with Crippen molar-refractivity contribution < 1.29 is 14.3 Å². The number of hydrogen-bond acceptors (Lipinski definition) is 2. The summed E-state index contributed by atoms with van der Waals surface area (Å²) in [5.74, 6) is -0.952. The molecule has 1 aromatic carbocycles. The van der Waals surface area contributed by atoms with Crippen molar-refractivity contribution in [3.8, 4) is 11.3 Å². The van der Waals surface area contributed by atoms with Crippen molar-refractivity contribution in [2.75, 3.05) is 0 Å². The van der Waals surface area contributed by atoms with E-state index in [0.29, 0.717) is 17.1 Å². The fourth-order valence-corrected chi connectivity index (χ4v) is 1.73. The third-order valence-electron chi connectivity index (χ3n) is 2.62. The van der Waals surface area contributed by atoms with Crippen LogP contribution in [0.2, 0.25) is 0 Å². The molecule has 0 radical (unpaired) electrons. The van der Waals surface area contributed by atoms with Gasteiger partial charge in [0.2, 0.25) is 0 Å². The number of carbonyl (C=O) groups is 1. The van der Waals surface area contributed by atoms with E-state index in [1.54, 1.807) is 30.7 Å². The highest BCUT2D eigenvalue weighted by molar-refractivity contribution is 5.93. The summed E-state index contributed by atoms with van der Waals surface area (Å²) in [6, 6.07) is 5.81. The Labute approximate surface area is 97.3 Å². The average Bonchev–Trinajstić information content (AvgIpc) is 2.56. The van der Waals surface area contributed by atoms with Crippen molar-refractivity contribution in [3.63, 3.8) is 0 Å².